The summed E-state index contributed by atoms with van der Waals surface area (Å²) >= 11 is 0. The summed E-state index contributed by atoms with van der Waals surface area (Å²) in [6, 6.07) is 0. The Labute approximate surface area is 72.6 Å². The Kier molecular flexibility index (Phi) is 2.30. The maximum Gasteiger partial charge on any atom is 0.249 e. The average molecular weight is 169 g/mol. The minimum absolute atomic E-state index is 0.223. The van der Waals surface area contributed by atoms with Crippen LogP contribution in [0.25, 0.3) is 0 Å². The Morgan fingerprint density at radius 1 is 1.25 bits per heavy atom. The number of hydroxylamine groups is 2. The summed E-state index contributed by atoms with van der Waals surface area (Å²) in [6.45, 7) is 1.52. The van der Waals surface area contributed by atoms with Crippen molar-refractivity contribution in [2.45, 2.75) is 32.1 Å². The third kappa shape index (κ3) is 1.46. The van der Waals surface area contributed by atoms with Gasteiger partial charge in [0, 0.05) is 12.5 Å². The van der Waals surface area contributed by atoms with Crippen LogP contribution in [0.15, 0.2) is 0 Å². The van der Waals surface area contributed by atoms with Crippen LogP contribution in [-0.4, -0.2) is 24.1 Å². The van der Waals surface area contributed by atoms with Gasteiger partial charge >= 0.3 is 0 Å². The van der Waals surface area contributed by atoms with Crippen LogP contribution >= 0.6 is 0 Å². The molecule has 1 amide bonds. The largest absolute Gasteiger partial charge is 0.272 e. The highest BCUT2D eigenvalue weighted by Gasteiger charge is 2.30. The van der Waals surface area contributed by atoms with Gasteiger partial charge in [-0.15, -0.1) is 0 Å². The maximum absolute atomic E-state index is 11.6. The topological polar surface area (TPSA) is 29.5 Å². The molecule has 0 spiro atoms. The van der Waals surface area contributed by atoms with E-state index in [0.29, 0.717) is 0 Å². The van der Waals surface area contributed by atoms with Crippen LogP contribution in [0.1, 0.15) is 32.1 Å². The van der Waals surface area contributed by atoms with Crippen molar-refractivity contribution in [3.8, 4) is 0 Å². The Bertz CT molecular complexity index is 171. The Balaban J connectivity index is 1.84. The van der Waals surface area contributed by atoms with Gasteiger partial charge in [0.1, 0.15) is 0 Å². The molecule has 2 fully saturated rings. The second kappa shape index (κ2) is 3.44. The molecule has 0 aromatic heterocycles. The summed E-state index contributed by atoms with van der Waals surface area (Å²) in [5, 5.41) is 1.58. The highest BCUT2D eigenvalue weighted by Crippen LogP contribution is 2.28. The van der Waals surface area contributed by atoms with Gasteiger partial charge in [-0.25, -0.2) is 5.06 Å². The minimum Gasteiger partial charge on any atom is -0.272 e. The summed E-state index contributed by atoms with van der Waals surface area (Å²) in [4.78, 5) is 16.9. The molecule has 68 valence electrons. The first-order chi connectivity index (χ1) is 5.88. The first-order valence-corrected chi connectivity index (χ1v) is 4.82. The molecule has 12 heavy (non-hydrogen) atoms. The fourth-order valence-corrected chi connectivity index (χ4v) is 1.63. The van der Waals surface area contributed by atoms with Crippen LogP contribution < -0.4 is 0 Å². The zero-order chi connectivity index (χ0) is 8.39. The van der Waals surface area contributed by atoms with Crippen LogP contribution in [0.5, 0.6) is 0 Å². The van der Waals surface area contributed by atoms with Gasteiger partial charge in [-0.1, -0.05) is 6.42 Å². The molecule has 0 unspecified atom stereocenters. The summed E-state index contributed by atoms with van der Waals surface area (Å²) in [5.41, 5.74) is 0. The number of hydrogen-bond donors (Lipinski definition) is 0. The first kappa shape index (κ1) is 8.05. The second-order valence-corrected chi connectivity index (χ2v) is 3.61. The monoisotopic (exact) mass is 169 g/mol. The zero-order valence-corrected chi connectivity index (χ0v) is 7.29. The van der Waals surface area contributed by atoms with Crippen molar-refractivity contribution < 1.29 is 9.63 Å². The van der Waals surface area contributed by atoms with Crippen LogP contribution in [-0.2, 0) is 9.63 Å². The molecule has 1 saturated heterocycles. The van der Waals surface area contributed by atoms with Gasteiger partial charge in [0.15, 0.2) is 0 Å². The number of hydrogen-bond acceptors (Lipinski definition) is 2. The fraction of sp³-hybridized carbons (Fsp3) is 0.889. The molecule has 1 aliphatic heterocycles. The van der Waals surface area contributed by atoms with E-state index in [9.17, 15) is 4.79 Å². The van der Waals surface area contributed by atoms with Crippen LogP contribution in [0, 0.1) is 5.92 Å². The standard InChI is InChI=1S/C9H15NO2/c11-9(8-4-3-5-8)10-6-1-2-7-12-10/h8H,1-7H2. The molecule has 0 atom stereocenters. The van der Waals surface area contributed by atoms with E-state index in [1.807, 2.05) is 0 Å². The highest BCUT2D eigenvalue weighted by atomic mass is 16.7. The lowest BCUT2D eigenvalue weighted by Gasteiger charge is -2.32. The van der Waals surface area contributed by atoms with E-state index in [1.165, 1.54) is 6.42 Å². The lowest BCUT2D eigenvalue weighted by Crippen LogP contribution is -2.41. The first-order valence-electron chi connectivity index (χ1n) is 4.82. The van der Waals surface area contributed by atoms with Crippen molar-refractivity contribution in [2.24, 2.45) is 5.92 Å². The quantitative estimate of drug-likeness (QED) is 0.593. The van der Waals surface area contributed by atoms with Crippen molar-refractivity contribution in [3.63, 3.8) is 0 Å². The average Bonchev–Trinajstić information content (AvgIpc) is 2.03. The molecule has 0 radical (unpaired) electrons. The molecule has 3 nitrogen and oxygen atoms in total. The molecule has 0 N–H and O–H groups in total. The molecule has 2 aliphatic rings. The molecule has 1 heterocycles. The molecule has 1 aliphatic carbocycles. The lowest BCUT2D eigenvalue weighted by molar-refractivity contribution is -0.203. The van der Waals surface area contributed by atoms with Crippen LogP contribution in [0.2, 0.25) is 0 Å². The predicted molar refractivity (Wildman–Crippen MR) is 44.2 cm³/mol. The van der Waals surface area contributed by atoms with Gasteiger partial charge < -0.3 is 0 Å². The number of carbonyl (C=O) groups excluding carboxylic acids is 1. The molecule has 1 saturated carbocycles. The highest BCUT2D eigenvalue weighted by molar-refractivity contribution is 5.78. The third-order valence-electron chi connectivity index (χ3n) is 2.70. The van der Waals surface area contributed by atoms with Crippen molar-refractivity contribution in [1.29, 1.82) is 0 Å². The molecular formula is C9H15NO2. The van der Waals surface area contributed by atoms with Gasteiger partial charge in [0.2, 0.25) is 5.91 Å². The van der Waals surface area contributed by atoms with E-state index in [1.54, 1.807) is 5.06 Å². The van der Waals surface area contributed by atoms with Crippen LogP contribution in [0.3, 0.4) is 0 Å². The lowest BCUT2D eigenvalue weighted by atomic mass is 9.84. The molecular weight excluding hydrogens is 154 g/mol. The number of nitrogens with zero attached hydrogens (tertiary/aromatic N) is 1. The van der Waals surface area contributed by atoms with Gasteiger partial charge in [0.25, 0.3) is 0 Å². The maximum atomic E-state index is 11.6. The van der Waals surface area contributed by atoms with Crippen molar-refractivity contribution in [2.75, 3.05) is 13.2 Å². The number of amides is 1. The molecule has 0 bridgehead atoms. The molecule has 0 aromatic rings. The van der Waals surface area contributed by atoms with E-state index < -0.39 is 0 Å². The summed E-state index contributed by atoms with van der Waals surface area (Å²) in [5.74, 6) is 0.504. The zero-order valence-electron chi connectivity index (χ0n) is 7.29. The number of rotatable bonds is 1. The van der Waals surface area contributed by atoms with Gasteiger partial charge in [0.05, 0.1) is 6.61 Å². The van der Waals surface area contributed by atoms with Gasteiger partial charge in [-0.05, 0) is 25.7 Å². The van der Waals surface area contributed by atoms with Crippen molar-refractivity contribution in [3.05, 3.63) is 0 Å². The second-order valence-electron chi connectivity index (χ2n) is 3.61. The SMILES string of the molecule is O=C(C1CCC1)N1CCCCO1. The molecule has 0 aromatic carbocycles. The van der Waals surface area contributed by atoms with E-state index in [-0.39, 0.29) is 11.8 Å². The summed E-state index contributed by atoms with van der Waals surface area (Å²) < 4.78 is 0. The minimum atomic E-state index is 0.223. The number of carbonyl (C=O) groups is 1. The van der Waals surface area contributed by atoms with E-state index >= 15 is 0 Å². The van der Waals surface area contributed by atoms with Gasteiger partial charge in [-0.2, -0.15) is 0 Å². The third-order valence-corrected chi connectivity index (χ3v) is 2.70. The van der Waals surface area contributed by atoms with Crippen molar-refractivity contribution in [1.82, 2.24) is 5.06 Å². The van der Waals surface area contributed by atoms with E-state index in [0.717, 1.165) is 38.8 Å². The van der Waals surface area contributed by atoms with Crippen molar-refractivity contribution >= 4 is 5.91 Å². The fourth-order valence-electron chi connectivity index (χ4n) is 1.63. The molecule has 3 heteroatoms. The smallest absolute Gasteiger partial charge is 0.249 e. The normalized spacial score (nSPS) is 25.2. The van der Waals surface area contributed by atoms with E-state index in [2.05, 4.69) is 0 Å². The van der Waals surface area contributed by atoms with Gasteiger partial charge in [-0.3, -0.25) is 9.63 Å². The Morgan fingerprint density at radius 3 is 2.58 bits per heavy atom. The predicted octanol–water partition coefficient (Wildman–Crippen LogP) is 1.34. The summed E-state index contributed by atoms with van der Waals surface area (Å²) in [6.07, 6.45) is 5.54. The molecule has 2 rings (SSSR count). The Hall–Kier alpha value is -0.570. The summed E-state index contributed by atoms with van der Waals surface area (Å²) in [7, 11) is 0. The van der Waals surface area contributed by atoms with E-state index in [4.69, 9.17) is 4.84 Å². The Morgan fingerprint density at radius 2 is 2.08 bits per heavy atom. The van der Waals surface area contributed by atoms with Crippen LogP contribution in [0.4, 0.5) is 0 Å².